The number of nitrogens with one attached hydrogen (secondary N) is 1. The highest BCUT2D eigenvalue weighted by atomic mass is 32.2. The fourth-order valence-electron chi connectivity index (χ4n) is 4.81. The molecule has 2 saturated carbocycles. The van der Waals surface area contributed by atoms with E-state index in [0.717, 1.165) is 49.3 Å². The molecular formula is C23H37N3O4S2. The van der Waals surface area contributed by atoms with E-state index >= 15 is 0 Å². The van der Waals surface area contributed by atoms with E-state index in [-0.39, 0.29) is 18.1 Å². The van der Waals surface area contributed by atoms with Gasteiger partial charge in [0.1, 0.15) is 4.75 Å². The summed E-state index contributed by atoms with van der Waals surface area (Å²) in [6.45, 7) is 4.14. The number of carboxylic acids is 1. The number of carbonyl (C=O) groups excluding carboxylic acids is 1. The second-order valence-corrected chi connectivity index (χ2v) is 12.5. The first-order chi connectivity index (χ1) is 15.3. The summed E-state index contributed by atoms with van der Waals surface area (Å²) >= 11 is 2.59. The summed E-state index contributed by atoms with van der Waals surface area (Å²) in [4.78, 5) is 31.4. The first-order valence-electron chi connectivity index (χ1n) is 11.8. The topological polar surface area (TPSA) is 91.8 Å². The van der Waals surface area contributed by atoms with Crippen LogP contribution in [-0.4, -0.2) is 57.5 Å². The van der Waals surface area contributed by atoms with Crippen molar-refractivity contribution in [1.82, 2.24) is 9.88 Å². The van der Waals surface area contributed by atoms with Crippen LogP contribution in [0.3, 0.4) is 0 Å². The highest BCUT2D eigenvalue weighted by Gasteiger charge is 2.35. The van der Waals surface area contributed by atoms with Gasteiger partial charge in [0.25, 0.3) is 0 Å². The number of anilines is 1. The number of thiazole rings is 1. The van der Waals surface area contributed by atoms with E-state index in [4.69, 9.17) is 4.74 Å². The standard InChI is InChI=1S/C23H37N3O4S2/c1-23(2,20(27)28)32-19-14-24-21(31-19)25-22(29)26(17-8-6-4-5-7-9-17)18-12-10-16(11-13-18)15-30-3/h14,16-18H,4-13,15H2,1-3H3,(H,27,28)(H,24,25,29)/t16-,18-. The predicted octanol–water partition coefficient (Wildman–Crippen LogP) is 5.86. The Hall–Kier alpha value is -1.32. The molecule has 0 unspecified atom stereocenters. The predicted molar refractivity (Wildman–Crippen MR) is 130 cm³/mol. The molecule has 9 heteroatoms. The van der Waals surface area contributed by atoms with Crippen molar-refractivity contribution < 1.29 is 19.4 Å². The number of carboxylic acid groups (broad SMARTS) is 1. The lowest BCUT2D eigenvalue weighted by Gasteiger charge is -2.41. The molecule has 3 rings (SSSR count). The van der Waals surface area contributed by atoms with Crippen LogP contribution in [0.4, 0.5) is 9.93 Å². The number of thioether (sulfide) groups is 1. The van der Waals surface area contributed by atoms with Crippen LogP contribution in [0.15, 0.2) is 10.4 Å². The minimum Gasteiger partial charge on any atom is -0.480 e. The Kier molecular flexibility index (Phi) is 9.25. The number of nitrogens with zero attached hydrogens (tertiary/aromatic N) is 2. The van der Waals surface area contributed by atoms with Gasteiger partial charge < -0.3 is 14.7 Å². The molecule has 1 aromatic heterocycles. The zero-order chi connectivity index (χ0) is 23.1. The molecule has 32 heavy (non-hydrogen) atoms. The Labute approximate surface area is 199 Å². The Morgan fingerprint density at radius 1 is 1.16 bits per heavy atom. The van der Waals surface area contributed by atoms with E-state index < -0.39 is 10.7 Å². The summed E-state index contributed by atoms with van der Waals surface area (Å²) in [5.74, 6) is -0.281. The minimum atomic E-state index is -0.943. The normalized spacial score (nSPS) is 22.8. The van der Waals surface area contributed by atoms with Gasteiger partial charge in [0.2, 0.25) is 0 Å². The Balaban J connectivity index is 1.69. The molecule has 0 aromatic carbocycles. The summed E-state index contributed by atoms with van der Waals surface area (Å²) in [5, 5.41) is 12.9. The van der Waals surface area contributed by atoms with Crippen LogP contribution in [0.25, 0.3) is 0 Å². The van der Waals surface area contributed by atoms with Crippen molar-refractivity contribution in [2.45, 2.75) is 99.1 Å². The summed E-state index contributed by atoms with van der Waals surface area (Å²) in [6.07, 6.45) is 12.9. The zero-order valence-corrected chi connectivity index (χ0v) is 21.1. The molecule has 1 aromatic rings. The molecule has 180 valence electrons. The van der Waals surface area contributed by atoms with Crippen LogP contribution < -0.4 is 5.32 Å². The number of amides is 2. The van der Waals surface area contributed by atoms with E-state index in [2.05, 4.69) is 15.2 Å². The second kappa shape index (κ2) is 11.7. The lowest BCUT2D eigenvalue weighted by molar-refractivity contribution is -0.138. The van der Waals surface area contributed by atoms with Gasteiger partial charge in [-0.25, -0.2) is 9.78 Å². The van der Waals surface area contributed by atoms with Crippen LogP contribution in [0.1, 0.15) is 78.1 Å². The van der Waals surface area contributed by atoms with Crippen molar-refractivity contribution in [3.63, 3.8) is 0 Å². The molecule has 0 saturated heterocycles. The lowest BCUT2D eigenvalue weighted by Crippen LogP contribution is -2.50. The van der Waals surface area contributed by atoms with E-state index in [9.17, 15) is 14.7 Å². The molecule has 0 spiro atoms. The summed E-state index contributed by atoms with van der Waals surface area (Å²) in [7, 11) is 1.76. The highest BCUT2D eigenvalue weighted by Crippen LogP contribution is 2.38. The van der Waals surface area contributed by atoms with Crippen LogP contribution in [0.2, 0.25) is 0 Å². The van der Waals surface area contributed by atoms with Crippen molar-refractivity contribution in [3.05, 3.63) is 6.20 Å². The molecule has 0 radical (unpaired) electrons. The fourth-order valence-corrected chi connectivity index (χ4v) is 7.07. The van der Waals surface area contributed by atoms with Gasteiger partial charge in [0.15, 0.2) is 5.13 Å². The molecule has 2 aliphatic rings. The monoisotopic (exact) mass is 483 g/mol. The van der Waals surface area contributed by atoms with Crippen molar-refractivity contribution in [1.29, 1.82) is 0 Å². The molecule has 2 amide bonds. The maximum Gasteiger partial charge on any atom is 0.324 e. The number of hydrogen-bond donors (Lipinski definition) is 2. The summed E-state index contributed by atoms with van der Waals surface area (Å²) in [5.41, 5.74) is 0. The highest BCUT2D eigenvalue weighted by molar-refractivity contribution is 8.03. The van der Waals surface area contributed by atoms with Gasteiger partial charge in [-0.3, -0.25) is 10.1 Å². The van der Waals surface area contributed by atoms with E-state index in [1.807, 2.05) is 0 Å². The van der Waals surface area contributed by atoms with Gasteiger partial charge in [-0.15, -0.1) is 0 Å². The van der Waals surface area contributed by atoms with E-state index in [1.54, 1.807) is 27.2 Å². The minimum absolute atomic E-state index is 0.0597. The molecule has 2 aliphatic carbocycles. The molecule has 2 fully saturated rings. The average molecular weight is 484 g/mol. The smallest absolute Gasteiger partial charge is 0.324 e. The molecule has 0 atom stereocenters. The van der Waals surface area contributed by atoms with Crippen molar-refractivity contribution in [2.75, 3.05) is 19.0 Å². The fraction of sp³-hybridized carbons (Fsp3) is 0.783. The van der Waals surface area contributed by atoms with Crippen molar-refractivity contribution >= 4 is 40.2 Å². The number of hydrogen-bond acceptors (Lipinski definition) is 6. The van der Waals surface area contributed by atoms with Crippen molar-refractivity contribution in [3.8, 4) is 0 Å². The molecule has 2 N–H and O–H groups in total. The Morgan fingerprint density at radius 2 is 1.78 bits per heavy atom. The van der Waals surface area contributed by atoms with E-state index in [0.29, 0.717) is 11.0 Å². The summed E-state index contributed by atoms with van der Waals surface area (Å²) < 4.78 is 5.19. The van der Waals surface area contributed by atoms with Gasteiger partial charge in [0, 0.05) is 25.8 Å². The zero-order valence-electron chi connectivity index (χ0n) is 19.5. The third-order valence-corrected chi connectivity index (χ3v) is 8.83. The lowest BCUT2D eigenvalue weighted by atomic mass is 9.85. The van der Waals surface area contributed by atoms with Crippen LogP contribution in [0, 0.1) is 5.92 Å². The van der Waals surface area contributed by atoms with Gasteiger partial charge in [-0.2, -0.15) is 0 Å². The first-order valence-corrected chi connectivity index (χ1v) is 13.4. The largest absolute Gasteiger partial charge is 0.480 e. The maximum absolute atomic E-state index is 13.5. The van der Waals surface area contributed by atoms with Gasteiger partial charge in [0.05, 0.1) is 10.4 Å². The number of carbonyl (C=O) groups is 2. The number of urea groups is 1. The quantitative estimate of drug-likeness (QED) is 0.355. The molecule has 0 bridgehead atoms. The van der Waals surface area contributed by atoms with Gasteiger partial charge in [-0.1, -0.05) is 48.8 Å². The third kappa shape index (κ3) is 6.84. The first kappa shape index (κ1) is 25.3. The number of rotatable bonds is 8. The Bertz CT molecular complexity index is 754. The Morgan fingerprint density at radius 3 is 2.38 bits per heavy atom. The van der Waals surface area contributed by atoms with Gasteiger partial charge in [-0.05, 0) is 58.3 Å². The number of aromatic nitrogens is 1. The van der Waals surface area contributed by atoms with Crippen molar-refractivity contribution in [2.24, 2.45) is 5.92 Å². The van der Waals surface area contributed by atoms with Crippen LogP contribution >= 0.6 is 23.1 Å². The second-order valence-electron chi connectivity index (χ2n) is 9.51. The molecule has 7 nitrogen and oxygen atoms in total. The molecular weight excluding hydrogens is 446 g/mol. The average Bonchev–Trinajstić information content (AvgIpc) is 3.00. The molecule has 1 heterocycles. The number of ether oxygens (including phenoxy) is 1. The maximum atomic E-state index is 13.5. The van der Waals surface area contributed by atoms with Crippen LogP contribution in [0.5, 0.6) is 0 Å². The SMILES string of the molecule is COC[C@H]1CC[C@H](N(C(=O)Nc2ncc(SC(C)(C)C(=O)O)s2)C2CCCCCC2)CC1. The van der Waals surface area contributed by atoms with Gasteiger partial charge >= 0.3 is 12.0 Å². The number of aliphatic carboxylic acids is 1. The third-order valence-electron chi connectivity index (χ3n) is 6.63. The molecule has 0 aliphatic heterocycles. The summed E-state index contributed by atoms with van der Waals surface area (Å²) in [6, 6.07) is 0.475. The number of methoxy groups -OCH3 is 1. The van der Waals surface area contributed by atoms with E-state index in [1.165, 1.54) is 48.8 Å². The van der Waals surface area contributed by atoms with Crippen LogP contribution in [-0.2, 0) is 9.53 Å².